The lowest BCUT2D eigenvalue weighted by Crippen LogP contribution is -2.50. The Balaban J connectivity index is 1.80. The van der Waals surface area contributed by atoms with Crippen LogP contribution in [0.5, 0.6) is 0 Å². The maximum atomic E-state index is 11.6. The zero-order valence-electron chi connectivity index (χ0n) is 11.8. The van der Waals surface area contributed by atoms with Crippen LogP contribution in [-0.4, -0.2) is 28.6 Å². The predicted molar refractivity (Wildman–Crippen MR) is 82.9 cm³/mol. The van der Waals surface area contributed by atoms with Gasteiger partial charge >= 0.3 is 10.7 Å². The van der Waals surface area contributed by atoms with Gasteiger partial charge in [0.05, 0.1) is 25.4 Å². The maximum Gasteiger partial charge on any atom is 0.308 e. The molecule has 2 N–H and O–H groups in total. The molecule has 21 heavy (non-hydrogen) atoms. The SMILES string of the molecule is COC(=O)C1CCC(C2=C3C=NC=C[N+]3(N)C(Br)=N2)CC1. The van der Waals surface area contributed by atoms with Gasteiger partial charge in [0, 0.05) is 21.8 Å². The monoisotopic (exact) mass is 353 g/mol. The summed E-state index contributed by atoms with van der Waals surface area (Å²) in [7, 11) is 1.45. The molecule has 7 heteroatoms. The lowest BCUT2D eigenvalue weighted by Gasteiger charge is -2.27. The van der Waals surface area contributed by atoms with Crippen LogP contribution in [0.4, 0.5) is 0 Å². The Morgan fingerprint density at radius 2 is 2.14 bits per heavy atom. The molecule has 3 rings (SSSR count). The molecule has 2 aliphatic heterocycles. The number of hydrogen-bond acceptors (Lipinski definition) is 5. The third-order valence-electron chi connectivity index (χ3n) is 4.41. The van der Waals surface area contributed by atoms with Gasteiger partial charge in [-0.15, -0.1) is 4.59 Å². The number of carbonyl (C=O) groups is 1. The highest BCUT2D eigenvalue weighted by molar-refractivity contribution is 9.18. The Kier molecular flexibility index (Phi) is 3.81. The van der Waals surface area contributed by atoms with Crippen LogP contribution in [0.1, 0.15) is 25.7 Å². The molecule has 0 amide bonds. The number of hydrogen-bond donors (Lipinski definition) is 1. The van der Waals surface area contributed by atoms with Crippen LogP contribution in [0.2, 0.25) is 0 Å². The van der Waals surface area contributed by atoms with E-state index in [-0.39, 0.29) is 16.5 Å². The molecule has 1 saturated carbocycles. The minimum Gasteiger partial charge on any atom is -0.469 e. The molecule has 2 heterocycles. The van der Waals surface area contributed by atoms with E-state index >= 15 is 0 Å². The number of amidine groups is 1. The summed E-state index contributed by atoms with van der Waals surface area (Å²) >= 11 is 3.46. The fourth-order valence-corrected chi connectivity index (χ4v) is 3.66. The summed E-state index contributed by atoms with van der Waals surface area (Å²) in [5.74, 6) is 6.58. The number of methoxy groups -OCH3 is 1. The highest BCUT2D eigenvalue weighted by Crippen LogP contribution is 2.40. The van der Waals surface area contributed by atoms with E-state index in [1.807, 2.05) is 0 Å². The Hall–Kier alpha value is -1.31. The van der Waals surface area contributed by atoms with E-state index in [0.717, 1.165) is 37.1 Å². The highest BCUT2D eigenvalue weighted by Gasteiger charge is 2.44. The molecule has 0 aromatic carbocycles. The van der Waals surface area contributed by atoms with Gasteiger partial charge in [-0.25, -0.2) is 0 Å². The largest absolute Gasteiger partial charge is 0.469 e. The van der Waals surface area contributed by atoms with Crippen LogP contribution in [-0.2, 0) is 9.53 Å². The first-order valence-electron chi connectivity index (χ1n) is 7.02. The molecule has 1 fully saturated rings. The molecule has 0 radical (unpaired) electrons. The molecule has 0 aromatic rings. The molecule has 3 aliphatic rings. The van der Waals surface area contributed by atoms with Gasteiger partial charge < -0.3 is 4.74 Å². The van der Waals surface area contributed by atoms with Crippen molar-refractivity contribution < 1.29 is 14.1 Å². The van der Waals surface area contributed by atoms with Crippen molar-refractivity contribution in [2.75, 3.05) is 7.11 Å². The maximum absolute atomic E-state index is 11.6. The van der Waals surface area contributed by atoms with Gasteiger partial charge in [-0.3, -0.25) is 9.79 Å². The minimum atomic E-state index is -0.103. The van der Waals surface area contributed by atoms with Crippen molar-refractivity contribution in [3.63, 3.8) is 0 Å². The molecule has 0 spiro atoms. The molecular formula is C14H18BrN4O2+. The van der Waals surface area contributed by atoms with Gasteiger partial charge in [0.1, 0.15) is 11.9 Å². The fraction of sp³-hybridized carbons (Fsp3) is 0.500. The van der Waals surface area contributed by atoms with Gasteiger partial charge in [-0.05, 0) is 25.7 Å². The normalized spacial score (nSPS) is 34.7. The summed E-state index contributed by atoms with van der Waals surface area (Å²) in [4.78, 5) is 20.4. The number of carbonyl (C=O) groups excluding carboxylic acids is 1. The number of nitrogens with zero attached hydrogens (tertiary/aromatic N) is 3. The lowest BCUT2D eigenvalue weighted by atomic mass is 9.80. The van der Waals surface area contributed by atoms with Crippen molar-refractivity contribution in [2.24, 2.45) is 27.7 Å². The summed E-state index contributed by atoms with van der Waals surface area (Å²) in [6, 6.07) is 0. The third-order valence-corrected chi connectivity index (χ3v) is 5.18. The van der Waals surface area contributed by atoms with Crippen molar-refractivity contribution in [3.05, 3.63) is 23.8 Å². The second-order valence-electron chi connectivity index (χ2n) is 5.58. The quantitative estimate of drug-likeness (QED) is 0.357. The Morgan fingerprint density at radius 3 is 2.81 bits per heavy atom. The number of aliphatic imine (C=N–C) groups is 2. The van der Waals surface area contributed by atoms with E-state index < -0.39 is 0 Å². The average Bonchev–Trinajstić information content (AvgIpc) is 2.78. The van der Waals surface area contributed by atoms with Crippen molar-refractivity contribution in [1.82, 2.24) is 0 Å². The number of halogens is 1. The summed E-state index contributed by atoms with van der Waals surface area (Å²) in [6.07, 6.45) is 8.75. The highest BCUT2D eigenvalue weighted by atomic mass is 79.9. The van der Waals surface area contributed by atoms with Crippen LogP contribution in [0, 0.1) is 11.8 Å². The summed E-state index contributed by atoms with van der Waals surface area (Å²) in [5.41, 5.74) is 1.90. The molecule has 1 unspecified atom stereocenters. The zero-order valence-corrected chi connectivity index (χ0v) is 13.4. The molecule has 1 atom stereocenters. The molecule has 1 aliphatic carbocycles. The molecule has 0 aromatic heterocycles. The molecule has 0 saturated heterocycles. The number of rotatable bonds is 2. The van der Waals surface area contributed by atoms with E-state index in [4.69, 9.17) is 10.6 Å². The minimum absolute atomic E-state index is 0.0164. The van der Waals surface area contributed by atoms with Gasteiger partial charge in [-0.1, -0.05) is 0 Å². The number of fused-ring (bicyclic) bond motifs is 1. The lowest BCUT2D eigenvalue weighted by molar-refractivity contribution is -0.746. The van der Waals surface area contributed by atoms with Crippen LogP contribution < -0.4 is 5.84 Å². The number of ether oxygens (including phenoxy) is 1. The first kappa shape index (κ1) is 14.6. The van der Waals surface area contributed by atoms with Crippen LogP contribution >= 0.6 is 15.9 Å². The smallest absolute Gasteiger partial charge is 0.308 e. The molecule has 6 nitrogen and oxygen atoms in total. The number of quaternary nitrogens is 1. The van der Waals surface area contributed by atoms with Crippen molar-refractivity contribution in [2.45, 2.75) is 25.7 Å². The summed E-state index contributed by atoms with van der Waals surface area (Å²) in [5, 5.41) is 0. The number of esters is 1. The van der Waals surface area contributed by atoms with Gasteiger partial charge in [-0.2, -0.15) is 10.8 Å². The fourth-order valence-electron chi connectivity index (χ4n) is 3.16. The van der Waals surface area contributed by atoms with Crippen molar-refractivity contribution in [1.29, 1.82) is 0 Å². The van der Waals surface area contributed by atoms with E-state index in [2.05, 4.69) is 25.9 Å². The average molecular weight is 354 g/mol. The van der Waals surface area contributed by atoms with E-state index in [9.17, 15) is 4.79 Å². The van der Waals surface area contributed by atoms with E-state index in [1.54, 1.807) is 18.6 Å². The third kappa shape index (κ3) is 2.39. The molecule has 112 valence electrons. The van der Waals surface area contributed by atoms with Crippen LogP contribution in [0.25, 0.3) is 0 Å². The zero-order chi connectivity index (χ0) is 15.0. The van der Waals surface area contributed by atoms with Crippen LogP contribution in [0.3, 0.4) is 0 Å². The van der Waals surface area contributed by atoms with Gasteiger partial charge in [0.25, 0.3) is 0 Å². The van der Waals surface area contributed by atoms with Gasteiger partial charge in [0.15, 0.2) is 0 Å². The first-order chi connectivity index (χ1) is 10.1. The second kappa shape index (κ2) is 5.47. The molecular weight excluding hydrogens is 336 g/mol. The number of allylic oxidation sites excluding steroid dienone is 2. The number of nitrogens with two attached hydrogens (primary N) is 1. The second-order valence-corrected chi connectivity index (χ2v) is 6.29. The van der Waals surface area contributed by atoms with Gasteiger partial charge in [0.2, 0.25) is 5.70 Å². The predicted octanol–water partition coefficient (Wildman–Crippen LogP) is 2.19. The van der Waals surface area contributed by atoms with E-state index in [1.165, 1.54) is 7.11 Å². The Morgan fingerprint density at radius 1 is 1.43 bits per heavy atom. The molecule has 0 bridgehead atoms. The van der Waals surface area contributed by atoms with E-state index in [0.29, 0.717) is 10.7 Å². The Labute approximate surface area is 131 Å². The topological polar surface area (TPSA) is 77.0 Å². The standard InChI is InChI=1S/C14H18BrN4O2/c1-21-13(20)10-4-2-9(3-5-10)12-11-8-17-6-7-19(11,16)14(15)18-12/h6-10H,2-5,16H2,1H3/q+1. The van der Waals surface area contributed by atoms with Crippen LogP contribution in [0.15, 0.2) is 33.8 Å². The summed E-state index contributed by atoms with van der Waals surface area (Å²) in [6.45, 7) is 0. The Bertz CT molecular complexity index is 588. The van der Waals surface area contributed by atoms with Crippen molar-refractivity contribution >= 4 is 32.9 Å². The summed E-state index contributed by atoms with van der Waals surface area (Å²) < 4.78 is 5.55. The first-order valence-corrected chi connectivity index (χ1v) is 7.81. The van der Waals surface area contributed by atoms with Crippen molar-refractivity contribution in [3.8, 4) is 0 Å².